The molecule has 0 aliphatic heterocycles. The molecule has 0 bridgehead atoms. The molecule has 0 aliphatic carbocycles. The predicted molar refractivity (Wildman–Crippen MR) is 44.4 cm³/mol. The van der Waals surface area contributed by atoms with Crippen molar-refractivity contribution >= 4 is 13.8 Å². The van der Waals surface area contributed by atoms with Crippen molar-refractivity contribution < 1.29 is 15.0 Å². The summed E-state index contributed by atoms with van der Waals surface area (Å²) in [7, 11) is 5.04. The third-order valence-electron chi connectivity index (χ3n) is 1.41. The van der Waals surface area contributed by atoms with Crippen LogP contribution in [0.1, 0.15) is 19.3 Å². The molecule has 12 heavy (non-hydrogen) atoms. The number of nitrogens with two attached hydrogens (primary N) is 2. The lowest BCUT2D eigenvalue weighted by atomic mass is 9.87. The van der Waals surface area contributed by atoms with E-state index in [4.69, 9.17) is 29.5 Å². The van der Waals surface area contributed by atoms with Gasteiger partial charge in [0.15, 0.2) is 0 Å². The van der Waals surface area contributed by atoms with Crippen LogP contribution in [0.25, 0.3) is 0 Å². The Morgan fingerprint density at radius 1 is 1.67 bits per heavy atom. The Hall–Kier alpha value is -0.585. The molecule has 0 spiro atoms. The van der Waals surface area contributed by atoms with Crippen molar-refractivity contribution in [3.05, 3.63) is 0 Å². The first-order chi connectivity index (χ1) is 5.33. The normalized spacial score (nSPS) is 18.2. The van der Waals surface area contributed by atoms with Crippen LogP contribution < -0.4 is 11.5 Å². The maximum Gasteiger partial charge on any atom is 0.320 e. The smallest absolute Gasteiger partial charge is 0.320 e. The van der Waals surface area contributed by atoms with E-state index in [1.165, 1.54) is 0 Å². The second-order valence-corrected chi connectivity index (χ2v) is 2.83. The molecule has 2 radical (unpaired) electrons. The number of carbonyl (C=O) groups is 1. The number of hydrogen-bond acceptors (Lipinski definition) is 4. The van der Waals surface area contributed by atoms with E-state index in [1.54, 1.807) is 0 Å². The minimum absolute atomic E-state index is 0.133. The minimum Gasteiger partial charge on any atom is -0.480 e. The first kappa shape index (κ1) is 11.4. The Balaban J connectivity index is 3.51. The van der Waals surface area contributed by atoms with Gasteiger partial charge in [-0.3, -0.25) is 4.79 Å². The van der Waals surface area contributed by atoms with Crippen LogP contribution in [-0.4, -0.2) is 35.7 Å². The number of hydrogen-bond donors (Lipinski definition) is 4. The van der Waals surface area contributed by atoms with Gasteiger partial charge in [0.2, 0.25) is 0 Å². The molecule has 0 amide bonds. The molecule has 0 rings (SSSR count). The number of aliphatic carboxylic acids is 1. The first-order valence-electron chi connectivity index (χ1n) is 3.61. The fraction of sp³-hybridized carbons (Fsp3) is 0.833. The fourth-order valence-corrected chi connectivity index (χ4v) is 0.729. The van der Waals surface area contributed by atoms with Crippen LogP contribution in [0.15, 0.2) is 0 Å². The van der Waals surface area contributed by atoms with Crippen molar-refractivity contribution in [1.29, 1.82) is 0 Å². The van der Waals surface area contributed by atoms with Crippen molar-refractivity contribution in [2.24, 2.45) is 11.5 Å². The van der Waals surface area contributed by atoms with Gasteiger partial charge in [0.05, 0.1) is 5.62 Å². The molecule has 0 saturated carbocycles. The van der Waals surface area contributed by atoms with Crippen LogP contribution in [-0.2, 0) is 4.79 Å². The number of carboxylic acid groups (broad SMARTS) is 1. The van der Waals surface area contributed by atoms with Crippen LogP contribution in [0.4, 0.5) is 0 Å². The van der Waals surface area contributed by atoms with Crippen LogP contribution in [0.2, 0.25) is 0 Å². The molecule has 5 nitrogen and oxygen atoms in total. The zero-order chi connectivity index (χ0) is 9.78. The Labute approximate surface area is 72.1 Å². The van der Waals surface area contributed by atoms with Crippen molar-refractivity contribution in [3.8, 4) is 0 Å². The summed E-state index contributed by atoms with van der Waals surface area (Å²) in [5.41, 5.74) is 8.50. The molecule has 0 heterocycles. The summed E-state index contributed by atoms with van der Waals surface area (Å²) in [5, 5.41) is 17.2. The van der Waals surface area contributed by atoms with Crippen molar-refractivity contribution in [2.75, 3.05) is 0 Å². The summed E-state index contributed by atoms with van der Waals surface area (Å²) < 4.78 is 0. The minimum atomic E-state index is -1.72. The van der Waals surface area contributed by atoms with E-state index in [1.807, 2.05) is 0 Å². The lowest BCUT2D eigenvalue weighted by Gasteiger charge is -2.17. The second-order valence-electron chi connectivity index (χ2n) is 2.83. The van der Waals surface area contributed by atoms with Gasteiger partial charge in [-0.25, -0.2) is 0 Å². The molecule has 6 heteroatoms. The quantitative estimate of drug-likeness (QED) is 0.293. The third-order valence-corrected chi connectivity index (χ3v) is 1.41. The van der Waals surface area contributed by atoms with Crippen LogP contribution in [0.5, 0.6) is 0 Å². The number of aliphatic hydroxyl groups is 1. The van der Waals surface area contributed by atoms with E-state index in [0.717, 1.165) is 0 Å². The maximum absolute atomic E-state index is 10.2. The zero-order valence-corrected chi connectivity index (χ0v) is 6.73. The van der Waals surface area contributed by atoms with Gasteiger partial charge in [0.25, 0.3) is 0 Å². The monoisotopic (exact) mass is 172 g/mol. The molecule has 68 valence electrons. The highest BCUT2D eigenvalue weighted by Crippen LogP contribution is 2.05. The summed E-state index contributed by atoms with van der Waals surface area (Å²) in [6.45, 7) is 0. The number of carboxylic acids is 1. The molecule has 0 saturated heterocycles. The van der Waals surface area contributed by atoms with Crippen molar-refractivity contribution in [3.63, 3.8) is 0 Å². The zero-order valence-electron chi connectivity index (χ0n) is 6.73. The average Bonchev–Trinajstić information content (AvgIpc) is 1.84. The highest BCUT2D eigenvalue weighted by molar-refractivity contribution is 6.13. The topological polar surface area (TPSA) is 110 Å². The van der Waals surface area contributed by atoms with Crippen molar-refractivity contribution in [2.45, 2.75) is 30.9 Å². The summed E-state index contributed by atoms with van der Waals surface area (Å²) in [5.74, 6) is -1.06. The summed E-state index contributed by atoms with van der Waals surface area (Å²) >= 11 is 0. The Bertz CT molecular complexity index is 157. The van der Waals surface area contributed by atoms with Crippen LogP contribution in [0.3, 0.4) is 0 Å². The lowest BCUT2D eigenvalue weighted by molar-refractivity contribution is -0.138. The molecule has 0 fully saturated rings. The number of rotatable bonds is 5. The van der Waals surface area contributed by atoms with Crippen LogP contribution >= 0.6 is 0 Å². The summed E-state index contributed by atoms with van der Waals surface area (Å²) in [6, 6.07) is -0.910. The van der Waals surface area contributed by atoms with E-state index in [9.17, 15) is 4.79 Å². The highest BCUT2D eigenvalue weighted by Gasteiger charge is 2.15. The standard InChI is InChI=1S/C6H13BN2O3/c7-6(9,12)3-1-2-4(8)5(10)11/h4,12H,1-3,8-9H2,(H,10,11). The third kappa shape index (κ3) is 6.15. The van der Waals surface area contributed by atoms with E-state index < -0.39 is 17.6 Å². The Morgan fingerprint density at radius 3 is 2.50 bits per heavy atom. The highest BCUT2D eigenvalue weighted by atomic mass is 16.4. The predicted octanol–water partition coefficient (Wildman–Crippen LogP) is -1.66. The Morgan fingerprint density at radius 2 is 2.17 bits per heavy atom. The molecular formula is C6H13BN2O3. The van der Waals surface area contributed by atoms with Gasteiger partial charge in [-0.1, -0.05) is 0 Å². The SMILES string of the molecule is [B]C(N)(O)CCCC(N)C(=O)O. The van der Waals surface area contributed by atoms with Gasteiger partial charge in [-0.15, -0.1) is 0 Å². The summed E-state index contributed by atoms with van der Waals surface area (Å²) in [4.78, 5) is 10.2. The van der Waals surface area contributed by atoms with Crippen molar-refractivity contribution in [1.82, 2.24) is 0 Å². The molecule has 6 N–H and O–H groups in total. The molecule has 0 aromatic heterocycles. The van der Waals surface area contributed by atoms with E-state index in [0.29, 0.717) is 6.42 Å². The molecule has 0 aromatic carbocycles. The second kappa shape index (κ2) is 4.44. The lowest BCUT2D eigenvalue weighted by Crippen LogP contribution is -2.40. The molecule has 2 atom stereocenters. The Kier molecular flexibility index (Phi) is 4.23. The average molecular weight is 172 g/mol. The maximum atomic E-state index is 10.2. The van der Waals surface area contributed by atoms with E-state index in [2.05, 4.69) is 0 Å². The molecular weight excluding hydrogens is 159 g/mol. The van der Waals surface area contributed by atoms with Gasteiger partial charge >= 0.3 is 5.97 Å². The van der Waals surface area contributed by atoms with Gasteiger partial charge in [0.1, 0.15) is 13.9 Å². The van der Waals surface area contributed by atoms with Gasteiger partial charge in [-0.2, -0.15) is 0 Å². The van der Waals surface area contributed by atoms with Gasteiger partial charge < -0.3 is 21.7 Å². The first-order valence-corrected chi connectivity index (χ1v) is 3.61. The van der Waals surface area contributed by atoms with Gasteiger partial charge in [-0.05, 0) is 19.3 Å². The molecule has 2 unspecified atom stereocenters. The largest absolute Gasteiger partial charge is 0.480 e. The summed E-state index contributed by atoms with van der Waals surface area (Å²) in [6.07, 6.45) is 0.775. The molecule has 0 aliphatic rings. The fourth-order valence-electron chi connectivity index (χ4n) is 0.729. The van der Waals surface area contributed by atoms with Crippen LogP contribution in [0, 0.1) is 0 Å². The van der Waals surface area contributed by atoms with E-state index >= 15 is 0 Å². The van der Waals surface area contributed by atoms with Gasteiger partial charge in [0, 0.05) is 0 Å². The van der Waals surface area contributed by atoms with E-state index in [-0.39, 0.29) is 12.8 Å². The molecule has 0 aromatic rings.